The van der Waals surface area contributed by atoms with Gasteiger partial charge in [0.05, 0.1) is 26.4 Å². The second-order valence-corrected chi connectivity index (χ2v) is 32.4. The number of aliphatic hydroxyl groups excluding tert-OH is 1. The lowest BCUT2D eigenvalue weighted by Crippen LogP contribution is -2.30. The van der Waals surface area contributed by atoms with Gasteiger partial charge >= 0.3 is 39.5 Å². The summed E-state index contributed by atoms with van der Waals surface area (Å²) in [6.07, 6.45) is 60.8. The highest BCUT2D eigenvalue weighted by molar-refractivity contribution is 7.47. The summed E-state index contributed by atoms with van der Waals surface area (Å²) < 4.78 is 68.7. The van der Waals surface area contributed by atoms with Crippen LogP contribution in [-0.4, -0.2) is 96.7 Å². The Kier molecular flexibility index (Phi) is 70.3. The molecule has 0 aromatic heterocycles. The number of carbonyl (C=O) groups excluding carboxylic acids is 4. The Morgan fingerprint density at radius 2 is 0.515 bits per heavy atom. The van der Waals surface area contributed by atoms with Gasteiger partial charge in [-0.2, -0.15) is 0 Å². The Balaban J connectivity index is 5.24. The average Bonchev–Trinajstić information content (AvgIpc) is 1.79. The molecule has 0 amide bonds. The van der Waals surface area contributed by atoms with Crippen LogP contribution >= 0.6 is 15.6 Å². The molecule has 0 aromatic rings. The quantitative estimate of drug-likeness (QED) is 0.0222. The highest BCUT2D eigenvalue weighted by Gasteiger charge is 2.30. The summed E-state index contributed by atoms with van der Waals surface area (Å²) in [6.45, 7) is 9.71. The Hall–Kier alpha value is -1.94. The van der Waals surface area contributed by atoms with E-state index in [-0.39, 0.29) is 25.7 Å². The first-order chi connectivity index (χ1) is 47.9. The van der Waals surface area contributed by atoms with Gasteiger partial charge < -0.3 is 33.8 Å². The molecule has 17 nitrogen and oxygen atoms in total. The minimum Gasteiger partial charge on any atom is -0.462 e. The number of rotatable bonds is 79. The first-order valence-corrected chi connectivity index (χ1v) is 44.5. The van der Waals surface area contributed by atoms with Gasteiger partial charge in [0.1, 0.15) is 19.3 Å². The largest absolute Gasteiger partial charge is 0.472 e. The number of unbranched alkanes of at least 4 members (excludes halogenated alkanes) is 48. The number of hydrogen-bond acceptors (Lipinski definition) is 15. The van der Waals surface area contributed by atoms with E-state index in [1.54, 1.807) is 0 Å². The Bertz CT molecular complexity index is 1910. The van der Waals surface area contributed by atoms with Crippen molar-refractivity contribution in [3.63, 3.8) is 0 Å². The van der Waals surface area contributed by atoms with Gasteiger partial charge in [0.25, 0.3) is 0 Å². The minimum absolute atomic E-state index is 0.108. The fourth-order valence-electron chi connectivity index (χ4n) is 12.3. The molecule has 3 unspecified atom stereocenters. The van der Waals surface area contributed by atoms with Crippen molar-refractivity contribution in [1.29, 1.82) is 0 Å². The molecule has 0 fully saturated rings. The number of hydrogen-bond donors (Lipinski definition) is 3. The topological polar surface area (TPSA) is 237 Å². The van der Waals surface area contributed by atoms with Crippen molar-refractivity contribution in [1.82, 2.24) is 0 Å². The molecular weight excluding hydrogens is 1290 g/mol. The van der Waals surface area contributed by atoms with Crippen LogP contribution < -0.4 is 0 Å². The highest BCUT2D eigenvalue weighted by atomic mass is 31.2. The third kappa shape index (κ3) is 72.8. The van der Waals surface area contributed by atoms with Gasteiger partial charge in [0, 0.05) is 25.7 Å². The van der Waals surface area contributed by atoms with E-state index < -0.39 is 97.5 Å². The van der Waals surface area contributed by atoms with Crippen molar-refractivity contribution < 1.29 is 80.2 Å². The van der Waals surface area contributed by atoms with Gasteiger partial charge in [-0.3, -0.25) is 37.3 Å². The number of phosphoric acid groups is 2. The molecule has 0 spiro atoms. The van der Waals surface area contributed by atoms with Crippen LogP contribution in [0.4, 0.5) is 0 Å². The predicted octanol–water partition coefficient (Wildman–Crippen LogP) is 23.9. The number of esters is 4. The van der Waals surface area contributed by atoms with Crippen LogP contribution in [0.15, 0.2) is 0 Å². The third-order valence-electron chi connectivity index (χ3n) is 19.1. The van der Waals surface area contributed by atoms with Crippen LogP contribution in [0, 0.1) is 11.8 Å². The maximum Gasteiger partial charge on any atom is 0.472 e. The molecule has 0 saturated heterocycles. The molecular formula is C80H156O17P2. The summed E-state index contributed by atoms with van der Waals surface area (Å²) >= 11 is 0. The lowest BCUT2D eigenvalue weighted by molar-refractivity contribution is -0.161. The average molecular weight is 1450 g/mol. The van der Waals surface area contributed by atoms with Crippen LogP contribution in [0.1, 0.15) is 420 Å². The van der Waals surface area contributed by atoms with Crippen LogP contribution in [0.5, 0.6) is 0 Å². The molecule has 0 rings (SSSR count). The van der Waals surface area contributed by atoms with Crippen molar-refractivity contribution in [3.8, 4) is 0 Å². The van der Waals surface area contributed by atoms with Gasteiger partial charge in [0.2, 0.25) is 0 Å². The first-order valence-electron chi connectivity index (χ1n) is 41.5. The van der Waals surface area contributed by atoms with E-state index >= 15 is 0 Å². The normalized spacial score (nSPS) is 14.2. The molecule has 0 saturated carbocycles. The summed E-state index contributed by atoms with van der Waals surface area (Å²) in [7, 11) is -9.92. The van der Waals surface area contributed by atoms with Gasteiger partial charge in [-0.1, -0.05) is 369 Å². The Morgan fingerprint density at radius 3 is 0.768 bits per heavy atom. The molecule has 0 aliphatic rings. The van der Waals surface area contributed by atoms with Gasteiger partial charge in [-0.15, -0.1) is 0 Å². The van der Waals surface area contributed by atoms with E-state index in [9.17, 15) is 43.2 Å². The minimum atomic E-state index is -4.96. The van der Waals surface area contributed by atoms with Crippen molar-refractivity contribution in [2.75, 3.05) is 39.6 Å². The van der Waals surface area contributed by atoms with Crippen molar-refractivity contribution in [2.45, 2.75) is 439 Å². The summed E-state index contributed by atoms with van der Waals surface area (Å²) in [6, 6.07) is 0. The van der Waals surface area contributed by atoms with E-state index in [1.165, 1.54) is 238 Å². The number of phosphoric ester groups is 2. The smallest absolute Gasteiger partial charge is 0.462 e. The number of ether oxygens (including phenoxy) is 4. The van der Waals surface area contributed by atoms with Gasteiger partial charge in [-0.25, -0.2) is 9.13 Å². The van der Waals surface area contributed by atoms with Crippen molar-refractivity contribution >= 4 is 39.5 Å². The fourth-order valence-corrected chi connectivity index (χ4v) is 13.9. The van der Waals surface area contributed by atoms with Crippen molar-refractivity contribution in [2.24, 2.45) is 11.8 Å². The number of carbonyl (C=O) groups is 4. The maximum absolute atomic E-state index is 13.1. The standard InChI is InChI=1S/C80H156O17P2/c1-7-10-12-14-16-18-20-26-34-40-46-52-58-64-79(84)96-75(68-90-77(82)62-56-50-44-38-19-17-15-13-11-8-2)70-94-98(86,87)92-66-74(81)67-93-99(88,89)95-71-76(97-80(85)65-59-53-47-41-35-30-23-21-22-27-31-36-42-48-54-60-72(4)5)69-91-78(83)63-57-51-45-39-33-29-25-24-28-32-37-43-49-55-61-73(6)9-3/h72-76,81H,7-71H2,1-6H3,(H,86,87)(H,88,89)/t73?,74-,75+,76+/m0/s1. The van der Waals surface area contributed by atoms with E-state index in [4.69, 9.17) is 37.0 Å². The predicted molar refractivity (Wildman–Crippen MR) is 405 cm³/mol. The molecule has 19 heteroatoms. The summed E-state index contributed by atoms with van der Waals surface area (Å²) in [5.41, 5.74) is 0. The molecule has 0 radical (unpaired) electrons. The van der Waals surface area contributed by atoms with Crippen LogP contribution in [0.25, 0.3) is 0 Å². The van der Waals surface area contributed by atoms with Crippen LogP contribution in [0.2, 0.25) is 0 Å². The zero-order valence-electron chi connectivity index (χ0n) is 64.8. The van der Waals surface area contributed by atoms with E-state index in [1.807, 2.05) is 0 Å². The van der Waals surface area contributed by atoms with E-state index in [0.29, 0.717) is 25.7 Å². The lowest BCUT2D eigenvalue weighted by atomic mass is 9.99. The molecule has 0 aliphatic carbocycles. The molecule has 0 bridgehead atoms. The van der Waals surface area contributed by atoms with Gasteiger partial charge in [-0.05, 0) is 37.5 Å². The van der Waals surface area contributed by atoms with E-state index in [2.05, 4.69) is 41.5 Å². The zero-order chi connectivity index (χ0) is 72.8. The summed E-state index contributed by atoms with van der Waals surface area (Å²) in [4.78, 5) is 73.0. The maximum atomic E-state index is 13.1. The summed E-state index contributed by atoms with van der Waals surface area (Å²) in [5.74, 6) is -0.456. The molecule has 3 N–H and O–H groups in total. The molecule has 0 aliphatic heterocycles. The SMILES string of the molecule is CCCCCCCCCCCCCCCC(=O)O[C@H](COC(=O)CCCCCCCCCCCC)COP(=O)(O)OC[C@H](O)COP(=O)(O)OC[C@@H](COC(=O)CCCCCCCCCCCCCCCCC(C)CC)OC(=O)CCCCCCCCCCCCCCCCCC(C)C. The molecule has 0 heterocycles. The second kappa shape index (κ2) is 71.7. The molecule has 99 heavy (non-hydrogen) atoms. The van der Waals surface area contributed by atoms with Crippen LogP contribution in [-0.2, 0) is 65.4 Å². The monoisotopic (exact) mass is 1450 g/mol. The lowest BCUT2D eigenvalue weighted by Gasteiger charge is -2.21. The van der Waals surface area contributed by atoms with Gasteiger partial charge in [0.15, 0.2) is 12.2 Å². The highest BCUT2D eigenvalue weighted by Crippen LogP contribution is 2.45. The second-order valence-electron chi connectivity index (χ2n) is 29.5. The molecule has 0 aromatic carbocycles. The first kappa shape index (κ1) is 97.1. The Morgan fingerprint density at radius 1 is 0.293 bits per heavy atom. The van der Waals surface area contributed by atoms with Crippen molar-refractivity contribution in [3.05, 3.63) is 0 Å². The number of aliphatic hydroxyl groups is 1. The van der Waals surface area contributed by atoms with Crippen LogP contribution in [0.3, 0.4) is 0 Å². The summed E-state index contributed by atoms with van der Waals surface area (Å²) in [5, 5.41) is 10.6. The fraction of sp³-hybridized carbons (Fsp3) is 0.950. The third-order valence-corrected chi connectivity index (χ3v) is 21.0. The molecule has 6 atom stereocenters. The zero-order valence-corrected chi connectivity index (χ0v) is 66.6. The molecule has 588 valence electrons. The van der Waals surface area contributed by atoms with E-state index in [0.717, 1.165) is 102 Å². The Labute approximate surface area is 607 Å².